The fourth-order valence-corrected chi connectivity index (χ4v) is 1.43. The number of benzene rings is 2. The van der Waals surface area contributed by atoms with E-state index in [1.807, 2.05) is 49.4 Å². The minimum Gasteiger partial charge on any atom is -0.298 e. The molecule has 0 aromatic heterocycles. The van der Waals surface area contributed by atoms with Crippen LogP contribution in [0.15, 0.2) is 58.8 Å². The molecule has 0 aliphatic heterocycles. The van der Waals surface area contributed by atoms with Gasteiger partial charge in [0.1, 0.15) is 6.29 Å². The number of aldehydes is 1. The van der Waals surface area contributed by atoms with Gasteiger partial charge in [0.2, 0.25) is 0 Å². The molecule has 84 valence electrons. The van der Waals surface area contributed by atoms with Gasteiger partial charge in [-0.05, 0) is 36.8 Å². The molecule has 17 heavy (non-hydrogen) atoms. The molecule has 3 nitrogen and oxygen atoms in total. The molecule has 0 fully saturated rings. The van der Waals surface area contributed by atoms with Gasteiger partial charge >= 0.3 is 0 Å². The highest BCUT2D eigenvalue weighted by Crippen LogP contribution is 2.20. The van der Waals surface area contributed by atoms with E-state index in [2.05, 4.69) is 10.2 Å². The summed E-state index contributed by atoms with van der Waals surface area (Å²) in [5.74, 6) is 0. The van der Waals surface area contributed by atoms with E-state index in [1.165, 1.54) is 0 Å². The predicted molar refractivity (Wildman–Crippen MR) is 67.2 cm³/mol. The Morgan fingerprint density at radius 2 is 1.65 bits per heavy atom. The lowest BCUT2D eigenvalue weighted by molar-refractivity contribution is 0.112. The maximum absolute atomic E-state index is 10.8. The van der Waals surface area contributed by atoms with Gasteiger partial charge < -0.3 is 0 Å². The van der Waals surface area contributed by atoms with E-state index in [0.29, 0.717) is 11.3 Å². The van der Waals surface area contributed by atoms with E-state index in [4.69, 9.17) is 0 Å². The minimum atomic E-state index is 0.648. The molecule has 0 unspecified atom stereocenters. The molecule has 0 aliphatic rings. The molecular formula is C14H12N2O. The van der Waals surface area contributed by atoms with Crippen molar-refractivity contribution in [2.45, 2.75) is 6.92 Å². The van der Waals surface area contributed by atoms with Crippen LogP contribution in [-0.4, -0.2) is 6.29 Å². The number of carbonyl (C=O) groups is 1. The van der Waals surface area contributed by atoms with Crippen molar-refractivity contribution in [3.8, 4) is 0 Å². The van der Waals surface area contributed by atoms with Gasteiger partial charge in [0.05, 0.1) is 11.4 Å². The normalized spacial score (nSPS) is 10.6. The lowest BCUT2D eigenvalue weighted by Crippen LogP contribution is -1.83. The average Bonchev–Trinajstić information content (AvgIpc) is 2.39. The first-order valence-electron chi connectivity index (χ1n) is 5.32. The van der Waals surface area contributed by atoms with Gasteiger partial charge in [-0.3, -0.25) is 4.79 Å². The van der Waals surface area contributed by atoms with Gasteiger partial charge in [0.25, 0.3) is 0 Å². The first-order valence-corrected chi connectivity index (χ1v) is 5.32. The molecule has 0 heterocycles. The molecule has 2 rings (SSSR count). The lowest BCUT2D eigenvalue weighted by Gasteiger charge is -1.98. The van der Waals surface area contributed by atoms with Crippen molar-refractivity contribution in [1.29, 1.82) is 0 Å². The average molecular weight is 224 g/mol. The van der Waals surface area contributed by atoms with Crippen LogP contribution in [0.5, 0.6) is 0 Å². The number of rotatable bonds is 3. The van der Waals surface area contributed by atoms with Crippen LogP contribution in [-0.2, 0) is 0 Å². The topological polar surface area (TPSA) is 41.8 Å². The Hall–Kier alpha value is -2.29. The van der Waals surface area contributed by atoms with Crippen molar-refractivity contribution in [3.05, 3.63) is 59.7 Å². The van der Waals surface area contributed by atoms with Crippen molar-refractivity contribution in [1.82, 2.24) is 0 Å². The van der Waals surface area contributed by atoms with Crippen LogP contribution < -0.4 is 0 Å². The molecule has 2 aromatic rings. The van der Waals surface area contributed by atoms with Gasteiger partial charge in [0, 0.05) is 5.56 Å². The van der Waals surface area contributed by atoms with Crippen LogP contribution in [0.1, 0.15) is 15.9 Å². The predicted octanol–water partition coefficient (Wildman–Crippen LogP) is 4.22. The number of hydrogen-bond donors (Lipinski definition) is 0. The van der Waals surface area contributed by atoms with Gasteiger partial charge in [-0.15, -0.1) is 0 Å². The standard InChI is InChI=1S/C14H12N2O/c1-11-7-8-14(9-12(11)10-17)16-15-13-5-3-2-4-6-13/h2-10H,1H3. The van der Waals surface area contributed by atoms with Crippen LogP contribution in [0.4, 0.5) is 11.4 Å². The Labute approximate surface area is 99.8 Å². The maximum atomic E-state index is 10.8. The molecule has 3 heteroatoms. The molecular weight excluding hydrogens is 212 g/mol. The van der Waals surface area contributed by atoms with Gasteiger partial charge in [-0.25, -0.2) is 0 Å². The van der Waals surface area contributed by atoms with Crippen LogP contribution in [0.3, 0.4) is 0 Å². The molecule has 0 aliphatic carbocycles. The fraction of sp³-hybridized carbons (Fsp3) is 0.0714. The highest BCUT2D eigenvalue weighted by molar-refractivity contribution is 5.78. The highest BCUT2D eigenvalue weighted by Gasteiger charge is 1.98. The summed E-state index contributed by atoms with van der Waals surface area (Å²) in [6.07, 6.45) is 0.830. The summed E-state index contributed by atoms with van der Waals surface area (Å²) in [5.41, 5.74) is 3.07. The second-order valence-electron chi connectivity index (χ2n) is 3.69. The molecule has 0 atom stereocenters. The van der Waals surface area contributed by atoms with Crippen molar-refractivity contribution in [2.24, 2.45) is 10.2 Å². The Morgan fingerprint density at radius 1 is 0.941 bits per heavy atom. The summed E-state index contributed by atoms with van der Waals surface area (Å²) in [4.78, 5) is 10.8. The zero-order chi connectivity index (χ0) is 12.1. The molecule has 0 N–H and O–H groups in total. The van der Waals surface area contributed by atoms with Crippen molar-refractivity contribution in [3.63, 3.8) is 0 Å². The van der Waals surface area contributed by atoms with Gasteiger partial charge in [-0.2, -0.15) is 10.2 Å². The van der Waals surface area contributed by atoms with Crippen molar-refractivity contribution >= 4 is 17.7 Å². The minimum absolute atomic E-state index is 0.648. The molecule has 2 aromatic carbocycles. The van der Waals surface area contributed by atoms with E-state index < -0.39 is 0 Å². The van der Waals surface area contributed by atoms with Crippen LogP contribution >= 0.6 is 0 Å². The van der Waals surface area contributed by atoms with E-state index in [-0.39, 0.29) is 0 Å². The van der Waals surface area contributed by atoms with E-state index in [0.717, 1.165) is 17.5 Å². The third-order valence-electron chi connectivity index (χ3n) is 2.43. The third-order valence-corrected chi connectivity index (χ3v) is 2.43. The van der Waals surface area contributed by atoms with E-state index in [1.54, 1.807) is 6.07 Å². The van der Waals surface area contributed by atoms with E-state index >= 15 is 0 Å². The summed E-state index contributed by atoms with van der Waals surface area (Å²) in [5, 5.41) is 8.18. The number of hydrogen-bond acceptors (Lipinski definition) is 3. The zero-order valence-corrected chi connectivity index (χ0v) is 9.50. The Morgan fingerprint density at radius 3 is 2.35 bits per heavy atom. The number of carbonyl (C=O) groups excluding carboxylic acids is 1. The molecule has 0 amide bonds. The van der Waals surface area contributed by atoms with Gasteiger partial charge in [-0.1, -0.05) is 24.3 Å². The summed E-state index contributed by atoms with van der Waals surface area (Å²) in [6, 6.07) is 14.9. The Kier molecular flexibility index (Phi) is 3.40. The lowest BCUT2D eigenvalue weighted by atomic mass is 10.1. The summed E-state index contributed by atoms with van der Waals surface area (Å²) >= 11 is 0. The number of azo groups is 1. The van der Waals surface area contributed by atoms with Crippen LogP contribution in [0.2, 0.25) is 0 Å². The summed E-state index contributed by atoms with van der Waals surface area (Å²) in [7, 11) is 0. The van der Waals surface area contributed by atoms with Crippen molar-refractivity contribution in [2.75, 3.05) is 0 Å². The highest BCUT2D eigenvalue weighted by atomic mass is 16.1. The van der Waals surface area contributed by atoms with Gasteiger partial charge in [0.15, 0.2) is 0 Å². The third kappa shape index (κ3) is 2.84. The smallest absolute Gasteiger partial charge is 0.150 e. The molecule has 0 bridgehead atoms. The zero-order valence-electron chi connectivity index (χ0n) is 9.50. The van der Waals surface area contributed by atoms with Crippen LogP contribution in [0, 0.1) is 6.92 Å². The maximum Gasteiger partial charge on any atom is 0.150 e. The number of aryl methyl sites for hydroxylation is 1. The Balaban J connectivity index is 2.25. The second-order valence-corrected chi connectivity index (χ2v) is 3.69. The number of nitrogens with zero attached hydrogens (tertiary/aromatic N) is 2. The molecule has 0 saturated carbocycles. The fourth-order valence-electron chi connectivity index (χ4n) is 1.43. The summed E-state index contributed by atoms with van der Waals surface area (Å²) in [6.45, 7) is 1.89. The summed E-state index contributed by atoms with van der Waals surface area (Å²) < 4.78 is 0. The van der Waals surface area contributed by atoms with Crippen LogP contribution in [0.25, 0.3) is 0 Å². The van der Waals surface area contributed by atoms with Crippen molar-refractivity contribution < 1.29 is 4.79 Å². The largest absolute Gasteiger partial charge is 0.298 e. The quantitative estimate of drug-likeness (QED) is 0.568. The SMILES string of the molecule is Cc1ccc(N=Nc2ccccc2)cc1C=O. The first-order chi connectivity index (χ1) is 8.29. The Bertz CT molecular complexity index is 547. The molecule has 0 saturated heterocycles. The second kappa shape index (κ2) is 5.16. The molecule has 0 radical (unpaired) electrons. The monoisotopic (exact) mass is 224 g/mol. The molecule has 0 spiro atoms. The first kappa shape index (κ1) is 11.2. The van der Waals surface area contributed by atoms with E-state index in [9.17, 15) is 4.79 Å².